The molecule has 1 amide bonds. The Bertz CT molecular complexity index is 910. The number of rotatable bonds is 3. The van der Waals surface area contributed by atoms with Gasteiger partial charge in [0.1, 0.15) is 0 Å². The van der Waals surface area contributed by atoms with Crippen molar-refractivity contribution in [2.24, 2.45) is 5.41 Å². The highest BCUT2D eigenvalue weighted by Gasteiger charge is 2.37. The Morgan fingerprint density at radius 1 is 1.17 bits per heavy atom. The highest BCUT2D eigenvalue weighted by molar-refractivity contribution is 6.63. The summed E-state index contributed by atoms with van der Waals surface area (Å²) in [5, 5.41) is 0. The quantitative estimate of drug-likeness (QED) is 0.568. The summed E-state index contributed by atoms with van der Waals surface area (Å²) < 4.78 is 16.7. The molecule has 0 bridgehead atoms. The van der Waals surface area contributed by atoms with Gasteiger partial charge in [-0.15, -0.1) is 0 Å². The first-order chi connectivity index (χ1) is 14.4. The first-order valence-electron chi connectivity index (χ1n) is 10.5. The van der Waals surface area contributed by atoms with Gasteiger partial charge in [0.15, 0.2) is 0 Å². The molecular formula is C23H28BNO5. The van der Waals surface area contributed by atoms with E-state index in [9.17, 15) is 9.59 Å². The molecule has 1 aromatic rings. The van der Waals surface area contributed by atoms with Crippen molar-refractivity contribution >= 4 is 24.5 Å². The van der Waals surface area contributed by atoms with Crippen molar-refractivity contribution in [2.45, 2.75) is 33.1 Å². The van der Waals surface area contributed by atoms with E-state index >= 15 is 0 Å². The normalized spacial score (nSPS) is 20.8. The molecule has 6 nitrogen and oxygen atoms in total. The van der Waals surface area contributed by atoms with Crippen LogP contribution >= 0.6 is 0 Å². The zero-order valence-electron chi connectivity index (χ0n) is 17.9. The van der Waals surface area contributed by atoms with Crippen LogP contribution in [0.5, 0.6) is 0 Å². The van der Waals surface area contributed by atoms with Crippen LogP contribution in [0.4, 0.5) is 0 Å². The standard InChI is InChI=1S/C23H28BNO5/c1-23(2)14-29-24(30-15-23)20-9-8-17(22(27)28-3)12-19(20)21(26)25-11-10-16-6-4-5-7-18(16)13-25/h5,7-9,12H,4,6,10-11,13-15H2,1-3H3. The molecule has 1 aliphatic carbocycles. The average Bonchev–Trinajstić information content (AvgIpc) is 2.77. The van der Waals surface area contributed by atoms with Gasteiger partial charge in [-0.05, 0) is 42.4 Å². The van der Waals surface area contributed by atoms with Crippen LogP contribution in [0.3, 0.4) is 0 Å². The third kappa shape index (κ3) is 4.23. The number of methoxy groups -OCH3 is 1. The van der Waals surface area contributed by atoms with Crippen LogP contribution in [0.15, 0.2) is 41.5 Å². The zero-order valence-corrected chi connectivity index (χ0v) is 17.9. The zero-order chi connectivity index (χ0) is 21.3. The summed E-state index contributed by atoms with van der Waals surface area (Å²) in [4.78, 5) is 27.5. The number of nitrogens with zero attached hydrogens (tertiary/aromatic N) is 1. The molecule has 0 spiro atoms. The molecule has 158 valence electrons. The maximum atomic E-state index is 13.5. The number of carbonyl (C=O) groups excluding carboxylic acids is 2. The summed E-state index contributed by atoms with van der Waals surface area (Å²) in [5.41, 5.74) is 4.05. The monoisotopic (exact) mass is 409 g/mol. The Labute approximate surface area is 178 Å². The lowest BCUT2D eigenvalue weighted by Gasteiger charge is -2.35. The predicted molar refractivity (Wildman–Crippen MR) is 115 cm³/mol. The fraction of sp³-hybridized carbons (Fsp3) is 0.478. The van der Waals surface area contributed by atoms with Gasteiger partial charge in [0.2, 0.25) is 0 Å². The molecule has 1 fully saturated rings. The second kappa shape index (κ2) is 8.40. The number of esters is 1. The lowest BCUT2D eigenvalue weighted by Crippen LogP contribution is -2.50. The van der Waals surface area contributed by atoms with Gasteiger partial charge in [-0.2, -0.15) is 0 Å². The highest BCUT2D eigenvalue weighted by Crippen LogP contribution is 2.28. The van der Waals surface area contributed by atoms with Crippen LogP contribution in [0.1, 0.15) is 53.8 Å². The molecule has 0 aromatic heterocycles. The van der Waals surface area contributed by atoms with Crippen LogP contribution in [0.2, 0.25) is 0 Å². The summed E-state index contributed by atoms with van der Waals surface area (Å²) >= 11 is 0. The molecule has 1 saturated heterocycles. The van der Waals surface area contributed by atoms with E-state index in [-0.39, 0.29) is 11.3 Å². The van der Waals surface area contributed by atoms with Crippen molar-refractivity contribution in [3.05, 3.63) is 52.6 Å². The van der Waals surface area contributed by atoms with Gasteiger partial charge in [-0.3, -0.25) is 4.79 Å². The molecule has 4 rings (SSSR count). The minimum atomic E-state index is -0.627. The van der Waals surface area contributed by atoms with Crippen LogP contribution in [-0.2, 0) is 14.0 Å². The lowest BCUT2D eigenvalue weighted by molar-refractivity contribution is 0.0341. The van der Waals surface area contributed by atoms with Crippen LogP contribution in [-0.4, -0.2) is 57.3 Å². The van der Waals surface area contributed by atoms with Gasteiger partial charge in [-0.1, -0.05) is 37.6 Å². The summed E-state index contributed by atoms with van der Waals surface area (Å²) in [6.45, 7) is 6.49. The maximum absolute atomic E-state index is 13.5. The Balaban J connectivity index is 1.64. The minimum absolute atomic E-state index is 0.0737. The highest BCUT2D eigenvalue weighted by atomic mass is 16.6. The lowest BCUT2D eigenvalue weighted by atomic mass is 9.72. The average molecular weight is 409 g/mol. The predicted octanol–water partition coefficient (Wildman–Crippen LogP) is 2.73. The number of benzene rings is 1. The number of carbonyl (C=O) groups is 2. The van der Waals surface area contributed by atoms with Crippen molar-refractivity contribution < 1.29 is 23.6 Å². The number of allylic oxidation sites excluding steroid dienone is 1. The molecule has 7 heteroatoms. The van der Waals surface area contributed by atoms with Gasteiger partial charge < -0.3 is 18.9 Å². The smallest absolute Gasteiger partial charge is 0.465 e. The van der Waals surface area contributed by atoms with Gasteiger partial charge in [-0.25, -0.2) is 4.79 Å². The molecule has 2 heterocycles. The van der Waals surface area contributed by atoms with Gasteiger partial charge in [0.25, 0.3) is 5.91 Å². The van der Waals surface area contributed by atoms with E-state index in [0.717, 1.165) is 19.3 Å². The van der Waals surface area contributed by atoms with Crippen molar-refractivity contribution in [3.8, 4) is 0 Å². The van der Waals surface area contributed by atoms with Gasteiger partial charge >= 0.3 is 13.1 Å². The number of amides is 1. The Morgan fingerprint density at radius 3 is 2.67 bits per heavy atom. The van der Waals surface area contributed by atoms with Crippen molar-refractivity contribution in [1.82, 2.24) is 4.90 Å². The second-order valence-corrected chi connectivity index (χ2v) is 8.96. The van der Waals surface area contributed by atoms with E-state index in [1.807, 2.05) is 4.90 Å². The summed E-state index contributed by atoms with van der Waals surface area (Å²) in [5.74, 6) is -0.584. The molecular weight excluding hydrogens is 381 g/mol. The van der Waals surface area contributed by atoms with E-state index in [0.29, 0.717) is 42.9 Å². The molecule has 2 aliphatic heterocycles. The SMILES string of the molecule is COC(=O)c1ccc(B2OCC(C)(C)CO2)c(C(=O)N2CCC3=C(C=CCC3)C2)c1. The number of hydrogen-bond donors (Lipinski definition) is 0. The summed E-state index contributed by atoms with van der Waals surface area (Å²) in [7, 11) is 0.708. The third-order valence-electron chi connectivity index (χ3n) is 5.93. The molecule has 30 heavy (non-hydrogen) atoms. The molecule has 0 N–H and O–H groups in total. The molecule has 1 aromatic carbocycles. The molecule has 0 radical (unpaired) electrons. The molecule has 0 unspecified atom stereocenters. The Hall–Kier alpha value is -2.38. The van der Waals surface area contributed by atoms with E-state index in [1.165, 1.54) is 18.3 Å². The van der Waals surface area contributed by atoms with Crippen molar-refractivity contribution in [1.29, 1.82) is 0 Å². The Morgan fingerprint density at radius 2 is 1.93 bits per heavy atom. The molecule has 0 atom stereocenters. The number of hydrogen-bond acceptors (Lipinski definition) is 5. The topological polar surface area (TPSA) is 65.1 Å². The number of ether oxygens (including phenoxy) is 1. The Kier molecular flexibility index (Phi) is 5.85. The van der Waals surface area contributed by atoms with E-state index in [2.05, 4.69) is 26.0 Å². The maximum Gasteiger partial charge on any atom is 0.494 e. The molecule has 0 saturated carbocycles. The largest absolute Gasteiger partial charge is 0.494 e. The van der Waals surface area contributed by atoms with Gasteiger partial charge in [0.05, 0.1) is 12.7 Å². The van der Waals surface area contributed by atoms with Crippen LogP contribution < -0.4 is 5.46 Å². The van der Waals surface area contributed by atoms with Crippen LogP contribution in [0, 0.1) is 5.41 Å². The second-order valence-electron chi connectivity index (χ2n) is 8.96. The summed E-state index contributed by atoms with van der Waals surface area (Å²) in [6, 6.07) is 5.01. The van der Waals surface area contributed by atoms with Crippen LogP contribution in [0.25, 0.3) is 0 Å². The first kappa shape index (κ1) is 20.9. The van der Waals surface area contributed by atoms with E-state index < -0.39 is 13.1 Å². The fourth-order valence-electron chi connectivity index (χ4n) is 4.17. The van der Waals surface area contributed by atoms with Gasteiger partial charge in [0, 0.05) is 37.3 Å². The minimum Gasteiger partial charge on any atom is -0.465 e. The van der Waals surface area contributed by atoms with E-state index in [1.54, 1.807) is 18.2 Å². The van der Waals surface area contributed by atoms with Crippen molar-refractivity contribution in [2.75, 3.05) is 33.4 Å². The molecule has 3 aliphatic rings. The van der Waals surface area contributed by atoms with Crippen molar-refractivity contribution in [3.63, 3.8) is 0 Å². The first-order valence-corrected chi connectivity index (χ1v) is 10.5. The third-order valence-corrected chi connectivity index (χ3v) is 5.93. The van der Waals surface area contributed by atoms with E-state index in [4.69, 9.17) is 14.0 Å². The fourth-order valence-corrected chi connectivity index (χ4v) is 4.17. The summed E-state index contributed by atoms with van der Waals surface area (Å²) in [6.07, 6.45) is 7.35.